The first kappa shape index (κ1) is 20.0. The third-order valence-electron chi connectivity index (χ3n) is 5.92. The van der Waals surface area contributed by atoms with Crippen LogP contribution in [0.3, 0.4) is 0 Å². The second-order valence-electron chi connectivity index (χ2n) is 7.70. The monoisotopic (exact) mass is 456 g/mol. The number of rotatable bonds is 5. The molecule has 5 nitrogen and oxygen atoms in total. The van der Waals surface area contributed by atoms with Gasteiger partial charge in [0.15, 0.2) is 0 Å². The summed E-state index contributed by atoms with van der Waals surface area (Å²) in [5.41, 5.74) is 1.72. The molecule has 2 fully saturated rings. The Morgan fingerprint density at radius 1 is 1.07 bits per heavy atom. The molecule has 1 saturated carbocycles. The van der Waals surface area contributed by atoms with Crippen LogP contribution in [0.1, 0.15) is 42.9 Å². The van der Waals surface area contributed by atoms with E-state index in [1.54, 1.807) is 12.0 Å². The number of amides is 2. The Morgan fingerprint density at radius 3 is 2.55 bits per heavy atom. The van der Waals surface area contributed by atoms with Gasteiger partial charge in [0, 0.05) is 16.1 Å². The van der Waals surface area contributed by atoms with Crippen LogP contribution in [0.2, 0.25) is 0 Å². The van der Waals surface area contributed by atoms with Gasteiger partial charge >= 0.3 is 0 Å². The van der Waals surface area contributed by atoms with Gasteiger partial charge in [0.05, 0.1) is 13.7 Å². The Balaban J connectivity index is 1.71. The Bertz CT molecular complexity index is 911. The summed E-state index contributed by atoms with van der Waals surface area (Å²) in [5.74, 6) is 0.718. The molecule has 6 heteroatoms. The lowest BCUT2D eigenvalue weighted by Crippen LogP contribution is -2.57. The molecule has 0 bridgehead atoms. The van der Waals surface area contributed by atoms with E-state index in [1.165, 1.54) is 0 Å². The van der Waals surface area contributed by atoms with Gasteiger partial charge in [0.25, 0.3) is 5.91 Å². The molecule has 4 rings (SSSR count). The van der Waals surface area contributed by atoms with Crippen molar-refractivity contribution in [1.82, 2.24) is 9.80 Å². The Labute approximate surface area is 179 Å². The maximum atomic E-state index is 13.6. The van der Waals surface area contributed by atoms with E-state index in [0.29, 0.717) is 6.54 Å². The van der Waals surface area contributed by atoms with Crippen LogP contribution in [0.5, 0.6) is 5.75 Å². The molecule has 0 aromatic heterocycles. The summed E-state index contributed by atoms with van der Waals surface area (Å²) < 4.78 is 6.36. The van der Waals surface area contributed by atoms with E-state index >= 15 is 0 Å². The number of ether oxygens (including phenoxy) is 1. The van der Waals surface area contributed by atoms with Crippen molar-refractivity contribution in [3.8, 4) is 5.75 Å². The fourth-order valence-electron chi connectivity index (χ4n) is 4.47. The number of methoxy groups -OCH3 is 1. The molecule has 0 unspecified atom stereocenters. The maximum absolute atomic E-state index is 13.6. The number of piperazine rings is 1. The van der Waals surface area contributed by atoms with E-state index in [9.17, 15) is 9.59 Å². The molecule has 29 heavy (non-hydrogen) atoms. The highest BCUT2D eigenvalue weighted by Gasteiger charge is 2.43. The highest BCUT2D eigenvalue weighted by atomic mass is 79.9. The quantitative estimate of drug-likeness (QED) is 0.673. The summed E-state index contributed by atoms with van der Waals surface area (Å²) in [6.07, 6.45) is 4.21. The second-order valence-corrected chi connectivity index (χ2v) is 8.61. The molecule has 152 valence electrons. The smallest absolute Gasteiger partial charge is 0.250 e. The van der Waals surface area contributed by atoms with Crippen LogP contribution < -0.4 is 4.74 Å². The van der Waals surface area contributed by atoms with Gasteiger partial charge in [-0.25, -0.2) is 0 Å². The molecule has 1 aliphatic carbocycles. The van der Waals surface area contributed by atoms with Gasteiger partial charge in [-0.15, -0.1) is 0 Å². The number of carbonyl (C=O) groups excluding carboxylic acids is 2. The van der Waals surface area contributed by atoms with Gasteiger partial charge in [-0.05, 0) is 36.6 Å². The lowest BCUT2D eigenvalue weighted by atomic mass is 9.98. The largest absolute Gasteiger partial charge is 0.496 e. The van der Waals surface area contributed by atoms with E-state index in [-0.39, 0.29) is 24.4 Å². The Hall–Kier alpha value is -2.34. The van der Waals surface area contributed by atoms with Gasteiger partial charge in [-0.3, -0.25) is 9.59 Å². The zero-order chi connectivity index (χ0) is 20.4. The number of carbonyl (C=O) groups is 2. The zero-order valence-corrected chi connectivity index (χ0v) is 18.1. The van der Waals surface area contributed by atoms with Crippen LogP contribution >= 0.6 is 15.9 Å². The summed E-state index contributed by atoms with van der Waals surface area (Å²) in [5, 5.41) is 0. The van der Waals surface area contributed by atoms with Crippen molar-refractivity contribution >= 4 is 27.7 Å². The summed E-state index contributed by atoms with van der Waals surface area (Å²) in [6, 6.07) is 14.9. The van der Waals surface area contributed by atoms with Gasteiger partial charge in [-0.2, -0.15) is 0 Å². The average Bonchev–Trinajstić information content (AvgIpc) is 3.25. The molecule has 0 N–H and O–H groups in total. The fourth-order valence-corrected chi connectivity index (χ4v) is 4.89. The number of hydrogen-bond acceptors (Lipinski definition) is 3. The van der Waals surface area contributed by atoms with Crippen molar-refractivity contribution in [3.05, 3.63) is 64.1 Å². The van der Waals surface area contributed by atoms with Crippen LogP contribution in [0.25, 0.3) is 0 Å². The topological polar surface area (TPSA) is 49.9 Å². The fraction of sp³-hybridized carbons (Fsp3) is 0.391. The highest BCUT2D eigenvalue weighted by Crippen LogP contribution is 2.35. The van der Waals surface area contributed by atoms with E-state index < -0.39 is 6.04 Å². The van der Waals surface area contributed by atoms with Gasteiger partial charge in [0.2, 0.25) is 5.91 Å². The minimum absolute atomic E-state index is 0.0181. The summed E-state index contributed by atoms with van der Waals surface area (Å²) in [7, 11) is 1.62. The first-order valence-corrected chi connectivity index (χ1v) is 10.8. The number of para-hydroxylation sites is 1. The van der Waals surface area contributed by atoms with Crippen LogP contribution in [-0.4, -0.2) is 41.3 Å². The van der Waals surface area contributed by atoms with Crippen LogP contribution in [0.15, 0.2) is 53.0 Å². The SMILES string of the molecule is COc1ccccc1CN1C(=O)CN(C2CCCC2)C(=O)[C@@H]1c1cccc(Br)c1. The molecule has 2 aromatic carbocycles. The minimum atomic E-state index is -0.626. The molecule has 1 aliphatic heterocycles. The Morgan fingerprint density at radius 2 is 1.83 bits per heavy atom. The predicted octanol–water partition coefficient (Wildman–Crippen LogP) is 4.31. The van der Waals surface area contributed by atoms with Crippen molar-refractivity contribution in [3.63, 3.8) is 0 Å². The average molecular weight is 457 g/mol. The minimum Gasteiger partial charge on any atom is -0.496 e. The van der Waals surface area contributed by atoms with Crippen molar-refractivity contribution < 1.29 is 14.3 Å². The van der Waals surface area contributed by atoms with Crippen LogP contribution in [0.4, 0.5) is 0 Å². The van der Waals surface area contributed by atoms with E-state index in [0.717, 1.165) is 47.0 Å². The van der Waals surface area contributed by atoms with Gasteiger partial charge < -0.3 is 14.5 Å². The van der Waals surface area contributed by atoms with E-state index in [1.807, 2.05) is 53.4 Å². The number of nitrogens with zero attached hydrogens (tertiary/aromatic N) is 2. The molecule has 0 spiro atoms. The van der Waals surface area contributed by atoms with Crippen molar-refractivity contribution in [2.45, 2.75) is 44.3 Å². The lowest BCUT2D eigenvalue weighted by Gasteiger charge is -2.43. The standard InChI is InChI=1S/C23H25BrN2O3/c1-29-20-12-5-2-7-17(20)14-26-21(27)15-25(19-10-3-4-11-19)23(28)22(26)16-8-6-9-18(24)13-16/h2,5-9,12-13,19,22H,3-4,10-11,14-15H2,1H3/t22-/m0/s1. The van der Waals surface area contributed by atoms with E-state index in [2.05, 4.69) is 15.9 Å². The molecule has 2 amide bonds. The molecule has 1 heterocycles. The second kappa shape index (κ2) is 8.57. The zero-order valence-electron chi connectivity index (χ0n) is 16.5. The normalized spacial score (nSPS) is 20.4. The summed E-state index contributed by atoms with van der Waals surface area (Å²) >= 11 is 3.51. The number of halogens is 1. The van der Waals surface area contributed by atoms with E-state index in [4.69, 9.17) is 4.74 Å². The van der Waals surface area contributed by atoms with Crippen LogP contribution in [0, 0.1) is 0 Å². The first-order valence-electron chi connectivity index (χ1n) is 10.1. The Kier molecular flexibility index (Phi) is 5.90. The molecule has 0 radical (unpaired) electrons. The summed E-state index contributed by atoms with van der Waals surface area (Å²) in [6.45, 7) is 0.493. The molecule has 2 aromatic rings. The van der Waals surface area contributed by atoms with Crippen LogP contribution in [-0.2, 0) is 16.1 Å². The molecule has 1 atom stereocenters. The summed E-state index contributed by atoms with van der Waals surface area (Å²) in [4.78, 5) is 30.4. The van der Waals surface area contributed by atoms with Crippen molar-refractivity contribution in [1.29, 1.82) is 0 Å². The molecule has 2 aliphatic rings. The van der Waals surface area contributed by atoms with Gasteiger partial charge in [0.1, 0.15) is 18.3 Å². The van der Waals surface area contributed by atoms with Gasteiger partial charge in [-0.1, -0.05) is 59.1 Å². The predicted molar refractivity (Wildman–Crippen MR) is 114 cm³/mol. The third-order valence-corrected chi connectivity index (χ3v) is 6.41. The molecule has 1 saturated heterocycles. The number of hydrogen-bond donors (Lipinski definition) is 0. The van der Waals surface area contributed by atoms with Crippen molar-refractivity contribution in [2.24, 2.45) is 0 Å². The lowest BCUT2D eigenvalue weighted by molar-refractivity contribution is -0.159. The third kappa shape index (κ3) is 4.04. The van der Waals surface area contributed by atoms with Crippen molar-refractivity contribution in [2.75, 3.05) is 13.7 Å². The maximum Gasteiger partial charge on any atom is 0.250 e. The molecular formula is C23H25BrN2O3. The number of benzene rings is 2. The molecular weight excluding hydrogens is 432 g/mol. The first-order chi connectivity index (χ1) is 14.1. The highest BCUT2D eigenvalue weighted by molar-refractivity contribution is 9.10.